The van der Waals surface area contributed by atoms with Gasteiger partial charge in [-0.15, -0.1) is 0 Å². The van der Waals surface area contributed by atoms with Crippen LogP contribution in [-0.2, 0) is 9.53 Å². The minimum Gasteiger partial charge on any atom is -0.481 e. The molecule has 0 aliphatic rings. The third-order valence-corrected chi connectivity index (χ3v) is 2.94. The first kappa shape index (κ1) is 14.2. The van der Waals surface area contributed by atoms with Crippen LogP contribution in [0.2, 0.25) is 0 Å². The topological polar surface area (TPSA) is 46.5 Å². The van der Waals surface area contributed by atoms with Crippen molar-refractivity contribution in [3.05, 3.63) is 0 Å². The lowest BCUT2D eigenvalue weighted by molar-refractivity contribution is -0.137. The van der Waals surface area contributed by atoms with Gasteiger partial charge in [0.1, 0.15) is 0 Å². The van der Waals surface area contributed by atoms with Crippen LogP contribution in [0.1, 0.15) is 39.0 Å². The number of hydrogen-bond donors (Lipinski definition) is 1. The summed E-state index contributed by atoms with van der Waals surface area (Å²) in [5.41, 5.74) is 0. The Kier molecular flexibility index (Phi) is 9.82. The van der Waals surface area contributed by atoms with Crippen LogP contribution in [-0.4, -0.2) is 28.2 Å². The zero-order chi connectivity index (χ0) is 10.8. The third-order valence-electron chi connectivity index (χ3n) is 1.95. The van der Waals surface area contributed by atoms with E-state index in [0.717, 1.165) is 17.5 Å². The highest BCUT2D eigenvalue weighted by Gasteiger charge is 2.09. The molecule has 0 spiro atoms. The second-order valence-corrected chi connectivity index (χ2v) is 4.17. The summed E-state index contributed by atoms with van der Waals surface area (Å²) < 4.78 is 6.45. The highest BCUT2D eigenvalue weighted by atomic mass is 127. The van der Waals surface area contributed by atoms with Crippen molar-refractivity contribution in [1.29, 1.82) is 0 Å². The second-order valence-electron chi connectivity index (χ2n) is 3.29. The maximum atomic E-state index is 10.3. The van der Waals surface area contributed by atoms with Crippen molar-refractivity contribution in [2.45, 2.75) is 45.1 Å². The molecule has 0 amide bonds. The van der Waals surface area contributed by atoms with Gasteiger partial charge in [0, 0.05) is 17.5 Å². The Morgan fingerprint density at radius 2 is 2.21 bits per heavy atom. The van der Waals surface area contributed by atoms with Crippen molar-refractivity contribution in [2.75, 3.05) is 11.0 Å². The fourth-order valence-corrected chi connectivity index (χ4v) is 1.79. The van der Waals surface area contributed by atoms with Crippen LogP contribution in [0, 0.1) is 0 Å². The average Bonchev–Trinajstić information content (AvgIpc) is 2.16. The Morgan fingerprint density at radius 3 is 2.71 bits per heavy atom. The molecule has 0 aromatic rings. The number of alkyl halides is 1. The van der Waals surface area contributed by atoms with Gasteiger partial charge < -0.3 is 9.84 Å². The summed E-state index contributed by atoms with van der Waals surface area (Å²) in [6.45, 7) is 2.92. The molecule has 0 bridgehead atoms. The van der Waals surface area contributed by atoms with Gasteiger partial charge >= 0.3 is 5.97 Å². The maximum absolute atomic E-state index is 10.3. The van der Waals surface area contributed by atoms with Gasteiger partial charge in [-0.05, 0) is 12.8 Å². The van der Waals surface area contributed by atoms with Gasteiger partial charge in [0.05, 0.1) is 6.10 Å². The van der Waals surface area contributed by atoms with Gasteiger partial charge in [-0.25, -0.2) is 0 Å². The van der Waals surface area contributed by atoms with E-state index in [9.17, 15) is 4.79 Å². The van der Waals surface area contributed by atoms with E-state index in [0.29, 0.717) is 6.42 Å². The molecule has 0 rings (SSSR count). The number of halogens is 1. The molecule has 1 unspecified atom stereocenters. The Bertz CT molecular complexity index is 150. The van der Waals surface area contributed by atoms with Crippen molar-refractivity contribution in [3.8, 4) is 0 Å². The molecule has 4 heteroatoms. The molecule has 0 aromatic heterocycles. The fraction of sp³-hybridized carbons (Fsp3) is 0.900. The van der Waals surface area contributed by atoms with Crippen molar-refractivity contribution >= 4 is 28.6 Å². The van der Waals surface area contributed by atoms with Crippen molar-refractivity contribution in [1.82, 2.24) is 0 Å². The first-order chi connectivity index (χ1) is 6.70. The number of unbranched alkanes of at least 4 members (excludes halogenated alkanes) is 2. The molecule has 1 N–H and O–H groups in total. The molecule has 84 valence electrons. The van der Waals surface area contributed by atoms with E-state index >= 15 is 0 Å². The third kappa shape index (κ3) is 8.74. The first-order valence-corrected chi connectivity index (χ1v) is 6.62. The average molecular weight is 314 g/mol. The van der Waals surface area contributed by atoms with Crippen molar-refractivity contribution in [2.24, 2.45) is 0 Å². The van der Waals surface area contributed by atoms with Gasteiger partial charge in [-0.2, -0.15) is 0 Å². The van der Waals surface area contributed by atoms with Crippen LogP contribution < -0.4 is 0 Å². The van der Waals surface area contributed by atoms with E-state index in [-0.39, 0.29) is 12.5 Å². The monoisotopic (exact) mass is 314 g/mol. The number of carbonyl (C=O) groups is 1. The zero-order valence-corrected chi connectivity index (χ0v) is 10.8. The Balaban J connectivity index is 3.42. The maximum Gasteiger partial charge on any atom is 0.303 e. The molecule has 0 aliphatic heterocycles. The number of ether oxygens (including phenoxy) is 1. The summed E-state index contributed by atoms with van der Waals surface area (Å²) in [7, 11) is 0. The van der Waals surface area contributed by atoms with Crippen LogP contribution in [0.15, 0.2) is 0 Å². The minimum atomic E-state index is -0.739. The summed E-state index contributed by atoms with van der Waals surface area (Å²) in [5.74, 6) is -0.739. The largest absolute Gasteiger partial charge is 0.481 e. The molecule has 0 aliphatic carbocycles. The minimum absolute atomic E-state index is 0.114. The molecule has 0 aromatic carbocycles. The highest BCUT2D eigenvalue weighted by molar-refractivity contribution is 14.1. The van der Waals surface area contributed by atoms with E-state index in [1.807, 2.05) is 0 Å². The van der Waals surface area contributed by atoms with Gasteiger partial charge in [0.2, 0.25) is 0 Å². The SMILES string of the molecule is CCCCCOC(CI)CCC(=O)O. The van der Waals surface area contributed by atoms with Gasteiger partial charge in [0.15, 0.2) is 0 Å². The lowest BCUT2D eigenvalue weighted by Crippen LogP contribution is -2.17. The Hall–Kier alpha value is 0.160. The van der Waals surface area contributed by atoms with E-state index in [2.05, 4.69) is 29.5 Å². The van der Waals surface area contributed by atoms with Gasteiger partial charge in [0.25, 0.3) is 0 Å². The van der Waals surface area contributed by atoms with Gasteiger partial charge in [-0.1, -0.05) is 42.4 Å². The van der Waals surface area contributed by atoms with Crippen molar-refractivity contribution < 1.29 is 14.6 Å². The summed E-state index contributed by atoms with van der Waals surface area (Å²) in [4.78, 5) is 10.3. The van der Waals surface area contributed by atoms with Crippen LogP contribution in [0.5, 0.6) is 0 Å². The van der Waals surface area contributed by atoms with E-state index in [4.69, 9.17) is 9.84 Å². The van der Waals surface area contributed by atoms with Gasteiger partial charge in [-0.3, -0.25) is 4.79 Å². The Labute approximate surface area is 99.4 Å². The number of carboxylic acids is 1. The molecule has 0 fully saturated rings. The van der Waals surface area contributed by atoms with E-state index in [1.54, 1.807) is 0 Å². The van der Waals surface area contributed by atoms with E-state index < -0.39 is 5.97 Å². The molecule has 3 nitrogen and oxygen atoms in total. The number of aliphatic carboxylic acids is 1. The lowest BCUT2D eigenvalue weighted by Gasteiger charge is -2.13. The molecule has 0 radical (unpaired) electrons. The first-order valence-electron chi connectivity index (χ1n) is 5.10. The number of hydrogen-bond acceptors (Lipinski definition) is 2. The predicted molar refractivity (Wildman–Crippen MR) is 65.0 cm³/mol. The standard InChI is InChI=1S/C10H19IO3/c1-2-3-4-7-14-9(8-11)5-6-10(12)13/h9H,2-8H2,1H3,(H,12,13). The Morgan fingerprint density at radius 1 is 1.50 bits per heavy atom. The molecule has 0 saturated carbocycles. The van der Waals surface area contributed by atoms with Crippen LogP contribution >= 0.6 is 22.6 Å². The smallest absolute Gasteiger partial charge is 0.303 e. The number of rotatable bonds is 9. The quantitative estimate of drug-likeness (QED) is 0.404. The molecule has 0 saturated heterocycles. The summed E-state index contributed by atoms with van der Waals surface area (Å²) in [5, 5.41) is 8.51. The molecular formula is C10H19IO3. The molecular weight excluding hydrogens is 295 g/mol. The lowest BCUT2D eigenvalue weighted by atomic mass is 10.2. The second kappa shape index (κ2) is 9.71. The van der Waals surface area contributed by atoms with E-state index in [1.165, 1.54) is 12.8 Å². The summed E-state index contributed by atoms with van der Waals surface area (Å²) in [6, 6.07) is 0. The molecule has 0 heterocycles. The summed E-state index contributed by atoms with van der Waals surface area (Å²) >= 11 is 2.24. The van der Waals surface area contributed by atoms with Crippen LogP contribution in [0.25, 0.3) is 0 Å². The number of carboxylic acid groups (broad SMARTS) is 1. The van der Waals surface area contributed by atoms with Crippen molar-refractivity contribution in [3.63, 3.8) is 0 Å². The zero-order valence-electron chi connectivity index (χ0n) is 8.67. The highest BCUT2D eigenvalue weighted by Crippen LogP contribution is 2.07. The van der Waals surface area contributed by atoms with Crippen LogP contribution in [0.4, 0.5) is 0 Å². The molecule has 14 heavy (non-hydrogen) atoms. The molecule has 1 atom stereocenters. The predicted octanol–water partition coefficient (Wildman–Crippen LogP) is 2.86. The fourth-order valence-electron chi connectivity index (χ4n) is 1.09. The summed E-state index contributed by atoms with van der Waals surface area (Å²) in [6.07, 6.45) is 4.41. The normalized spacial score (nSPS) is 12.7. The van der Waals surface area contributed by atoms with Crippen LogP contribution in [0.3, 0.4) is 0 Å².